The average molecular weight is 169 g/mol. The van der Waals surface area contributed by atoms with Crippen molar-refractivity contribution in [3.8, 4) is 0 Å². The number of rotatable bonds is 2. The molecular weight excluding hydrogens is 166 g/mol. The van der Waals surface area contributed by atoms with E-state index in [1.807, 2.05) is 0 Å². The van der Waals surface area contributed by atoms with E-state index in [1.54, 1.807) is 0 Å². The third-order valence-electron chi connectivity index (χ3n) is 0.264. The molecule has 0 fully saturated rings. The van der Waals surface area contributed by atoms with Gasteiger partial charge in [-0.1, -0.05) is 0 Å². The van der Waals surface area contributed by atoms with E-state index in [0.29, 0.717) is 0 Å². The van der Waals surface area contributed by atoms with Crippen molar-refractivity contribution < 1.29 is 31.9 Å². The Hall–Kier alpha value is -0.611. The topological polar surface area (TPSA) is 80.4 Å². The molecule has 1 radical (unpaired) electrons. The van der Waals surface area contributed by atoms with Crippen molar-refractivity contribution in [3.63, 3.8) is 0 Å². The van der Waals surface area contributed by atoms with E-state index in [0.717, 1.165) is 0 Å². The van der Waals surface area contributed by atoms with Crippen LogP contribution in [0, 0.1) is 10.1 Å². The first-order valence-electron chi connectivity index (χ1n) is 1.46. The molecule has 0 aromatic carbocycles. The predicted molar refractivity (Wildman–Crippen MR) is 19.5 cm³/mol. The van der Waals surface area contributed by atoms with E-state index < -0.39 is 17.4 Å². The summed E-state index contributed by atoms with van der Waals surface area (Å²) in [6, 6.07) is 0. The number of carbonyl (C=O) groups is 1. The van der Waals surface area contributed by atoms with Gasteiger partial charge in [-0.25, -0.2) is 4.79 Å². The van der Waals surface area contributed by atoms with Gasteiger partial charge in [0.25, 0.3) is 6.54 Å². The molecule has 0 aliphatic heterocycles. The van der Waals surface area contributed by atoms with Gasteiger partial charge in [0.2, 0.25) is 0 Å². The van der Waals surface area contributed by atoms with Crippen LogP contribution in [-0.2, 0) is 21.9 Å². The van der Waals surface area contributed by atoms with E-state index in [1.165, 1.54) is 0 Å². The molecule has 0 rings (SSSR count). The summed E-state index contributed by atoms with van der Waals surface area (Å²) in [5.74, 6) is -1.41. The third kappa shape index (κ3) is 9.04. The van der Waals surface area contributed by atoms with Gasteiger partial charge >= 0.3 is 5.97 Å². The molecule has 0 aromatic heterocycles. The summed E-state index contributed by atoms with van der Waals surface area (Å²) in [6.07, 6.45) is 0. The third-order valence-corrected chi connectivity index (χ3v) is 0.264. The molecule has 51 valence electrons. The van der Waals surface area contributed by atoms with Crippen molar-refractivity contribution in [2.45, 2.75) is 0 Å². The van der Waals surface area contributed by atoms with Gasteiger partial charge in [0.15, 0.2) is 0 Å². The van der Waals surface area contributed by atoms with Crippen LogP contribution < -0.4 is 0 Å². The van der Waals surface area contributed by atoms with Crippen LogP contribution in [0.25, 0.3) is 0 Å². The maximum absolute atomic E-state index is 9.37. The Morgan fingerprint density at radius 1 is 1.75 bits per heavy atom. The van der Waals surface area contributed by atoms with Crippen LogP contribution in [0.3, 0.4) is 0 Å². The Morgan fingerprint density at radius 2 is 2.12 bits per heavy atom. The number of aliphatic carboxylic acids is 1. The van der Waals surface area contributed by atoms with E-state index in [4.69, 9.17) is 5.11 Å². The smallest absolute Gasteiger partial charge is 0.376 e. The largest absolute Gasteiger partial charge is 0.476 e. The standard InChI is InChI=1S/C2H3NO4.Cu/c4-2(5)1-3(6)7;/h1H2,(H,4,5);. The summed E-state index contributed by atoms with van der Waals surface area (Å²) in [7, 11) is 0. The minimum Gasteiger partial charge on any atom is -0.476 e. The van der Waals surface area contributed by atoms with Gasteiger partial charge in [0.1, 0.15) is 0 Å². The number of nitrogens with zero attached hydrogens (tertiary/aromatic N) is 1. The second-order valence-corrected chi connectivity index (χ2v) is 0.885. The van der Waals surface area contributed by atoms with Gasteiger partial charge in [-0.15, -0.1) is 0 Å². The summed E-state index contributed by atoms with van der Waals surface area (Å²) >= 11 is 0. The zero-order chi connectivity index (χ0) is 5.86. The van der Waals surface area contributed by atoms with E-state index in [9.17, 15) is 14.9 Å². The van der Waals surface area contributed by atoms with Crippen molar-refractivity contribution in [2.75, 3.05) is 6.54 Å². The van der Waals surface area contributed by atoms with E-state index >= 15 is 0 Å². The Kier molecular flexibility index (Phi) is 5.90. The monoisotopic (exact) mass is 168 g/mol. The minimum atomic E-state index is -1.41. The molecule has 0 amide bonds. The number of hydrogen-bond acceptors (Lipinski definition) is 3. The van der Waals surface area contributed by atoms with Crippen molar-refractivity contribution in [2.24, 2.45) is 0 Å². The quantitative estimate of drug-likeness (QED) is 0.337. The summed E-state index contributed by atoms with van der Waals surface area (Å²) in [6.45, 7) is -1.00. The first-order valence-corrected chi connectivity index (χ1v) is 1.46. The Labute approximate surface area is 55.3 Å². The first kappa shape index (κ1) is 10.4. The molecule has 0 heterocycles. The second kappa shape index (κ2) is 4.55. The molecule has 0 unspecified atom stereocenters. The molecule has 0 atom stereocenters. The summed E-state index contributed by atoms with van der Waals surface area (Å²) < 4.78 is 0. The Bertz CT molecular complexity index is 90.2. The van der Waals surface area contributed by atoms with Crippen LogP contribution in [0.1, 0.15) is 0 Å². The molecule has 0 spiro atoms. The molecule has 0 aromatic rings. The summed E-state index contributed by atoms with van der Waals surface area (Å²) in [5.41, 5.74) is 0. The Morgan fingerprint density at radius 3 is 2.12 bits per heavy atom. The molecule has 6 heteroatoms. The van der Waals surface area contributed by atoms with Gasteiger partial charge in [-0.2, -0.15) is 0 Å². The van der Waals surface area contributed by atoms with E-state index in [2.05, 4.69) is 0 Å². The molecule has 8 heavy (non-hydrogen) atoms. The maximum Gasteiger partial charge on any atom is 0.376 e. The molecular formula is C2H3CuNO4. The molecule has 0 aliphatic carbocycles. The summed E-state index contributed by atoms with van der Waals surface area (Å²) in [4.78, 5) is 17.7. The SMILES string of the molecule is O=C(O)C[N+](=O)[O-].[Cu]. The van der Waals surface area contributed by atoms with E-state index in [-0.39, 0.29) is 17.1 Å². The fourth-order valence-electron chi connectivity index (χ4n) is 0.110. The molecule has 0 saturated heterocycles. The molecule has 1 N–H and O–H groups in total. The average Bonchev–Trinajstić information content (AvgIpc) is 1.27. The number of hydrogen-bond donors (Lipinski definition) is 1. The van der Waals surface area contributed by atoms with Gasteiger partial charge in [0.05, 0.1) is 0 Å². The first-order chi connectivity index (χ1) is 3.13. The number of carboxylic acids is 1. The molecule has 0 bridgehead atoms. The van der Waals surface area contributed by atoms with Crippen LogP contribution in [-0.4, -0.2) is 22.5 Å². The molecule has 0 saturated carbocycles. The van der Waals surface area contributed by atoms with Gasteiger partial charge < -0.3 is 5.11 Å². The van der Waals surface area contributed by atoms with Crippen molar-refractivity contribution >= 4 is 5.97 Å². The van der Waals surface area contributed by atoms with Gasteiger partial charge in [-0.3, -0.25) is 10.1 Å². The number of nitro groups is 1. The fourth-order valence-corrected chi connectivity index (χ4v) is 0.110. The zero-order valence-electron chi connectivity index (χ0n) is 3.63. The normalized spacial score (nSPS) is 7.00. The number of carboxylic acid groups (broad SMARTS) is 1. The second-order valence-electron chi connectivity index (χ2n) is 0.885. The van der Waals surface area contributed by atoms with Gasteiger partial charge in [0, 0.05) is 22.0 Å². The van der Waals surface area contributed by atoms with Crippen molar-refractivity contribution in [1.82, 2.24) is 0 Å². The van der Waals surface area contributed by atoms with Crippen LogP contribution in [0.2, 0.25) is 0 Å². The van der Waals surface area contributed by atoms with Crippen LogP contribution in [0.4, 0.5) is 0 Å². The fraction of sp³-hybridized carbons (Fsp3) is 0.500. The van der Waals surface area contributed by atoms with Crippen LogP contribution in [0.5, 0.6) is 0 Å². The van der Waals surface area contributed by atoms with Crippen molar-refractivity contribution in [1.29, 1.82) is 0 Å². The van der Waals surface area contributed by atoms with Gasteiger partial charge in [-0.05, 0) is 0 Å². The molecule has 5 nitrogen and oxygen atoms in total. The van der Waals surface area contributed by atoms with Crippen LogP contribution >= 0.6 is 0 Å². The van der Waals surface area contributed by atoms with Crippen LogP contribution in [0.15, 0.2) is 0 Å². The van der Waals surface area contributed by atoms with Crippen molar-refractivity contribution in [3.05, 3.63) is 10.1 Å². The summed E-state index contributed by atoms with van der Waals surface area (Å²) in [5, 5.41) is 16.9. The predicted octanol–water partition coefficient (Wildman–Crippen LogP) is -0.655. The minimum absolute atomic E-state index is 0. The molecule has 0 aliphatic rings. The zero-order valence-corrected chi connectivity index (χ0v) is 4.57. The Balaban J connectivity index is 0. The maximum atomic E-state index is 9.37.